The summed E-state index contributed by atoms with van der Waals surface area (Å²) >= 11 is 9.63. The number of aryl methyl sites for hydroxylation is 1. The van der Waals surface area contributed by atoms with Crippen LogP contribution in [-0.4, -0.2) is 35.8 Å². The molecule has 158 valence electrons. The SMILES string of the molecule is CCOC(=O)c1c(CNc2ccc(Cl)cc2)n(C)c2cc(Br)c3c(c12)CN(C)CO3. The topological polar surface area (TPSA) is 55.7 Å². The number of hydrogen-bond donors (Lipinski definition) is 1. The minimum Gasteiger partial charge on any atom is -0.477 e. The molecule has 1 aliphatic heterocycles. The summed E-state index contributed by atoms with van der Waals surface area (Å²) in [6.07, 6.45) is 0. The van der Waals surface area contributed by atoms with Crippen LogP contribution in [0.3, 0.4) is 0 Å². The number of anilines is 1. The number of hydrogen-bond acceptors (Lipinski definition) is 5. The highest BCUT2D eigenvalue weighted by Gasteiger charge is 2.29. The Morgan fingerprint density at radius 3 is 2.73 bits per heavy atom. The fraction of sp³-hybridized carbons (Fsp3) is 0.318. The zero-order valence-electron chi connectivity index (χ0n) is 17.1. The van der Waals surface area contributed by atoms with Crippen molar-refractivity contribution < 1.29 is 14.3 Å². The lowest BCUT2D eigenvalue weighted by Crippen LogP contribution is -2.28. The summed E-state index contributed by atoms with van der Waals surface area (Å²) in [5.74, 6) is 0.461. The first-order valence-corrected chi connectivity index (χ1v) is 10.9. The van der Waals surface area contributed by atoms with Crippen LogP contribution in [0.15, 0.2) is 34.8 Å². The second-order valence-corrected chi connectivity index (χ2v) is 8.60. The highest BCUT2D eigenvalue weighted by Crippen LogP contribution is 2.42. The third-order valence-electron chi connectivity index (χ3n) is 5.26. The van der Waals surface area contributed by atoms with Gasteiger partial charge in [0.25, 0.3) is 0 Å². The molecule has 0 saturated heterocycles. The monoisotopic (exact) mass is 491 g/mol. The molecular weight excluding hydrogens is 470 g/mol. The molecule has 0 atom stereocenters. The summed E-state index contributed by atoms with van der Waals surface area (Å²) in [5.41, 5.74) is 4.30. The lowest BCUT2D eigenvalue weighted by atomic mass is 10.0. The number of carbonyl (C=O) groups excluding carboxylic acids is 1. The van der Waals surface area contributed by atoms with E-state index in [9.17, 15) is 4.79 Å². The lowest BCUT2D eigenvalue weighted by molar-refractivity contribution is 0.0527. The van der Waals surface area contributed by atoms with Crippen molar-refractivity contribution in [3.8, 4) is 5.75 Å². The molecule has 1 aliphatic rings. The van der Waals surface area contributed by atoms with Crippen LogP contribution in [0.1, 0.15) is 28.5 Å². The molecule has 1 aromatic heterocycles. The molecule has 8 heteroatoms. The van der Waals surface area contributed by atoms with Gasteiger partial charge in [0.05, 0.1) is 34.4 Å². The average molecular weight is 493 g/mol. The van der Waals surface area contributed by atoms with E-state index in [2.05, 4.69) is 26.1 Å². The summed E-state index contributed by atoms with van der Waals surface area (Å²) in [7, 11) is 3.96. The molecule has 2 aromatic carbocycles. The van der Waals surface area contributed by atoms with Gasteiger partial charge in [-0.15, -0.1) is 0 Å². The van der Waals surface area contributed by atoms with Crippen molar-refractivity contribution in [1.29, 1.82) is 0 Å². The van der Waals surface area contributed by atoms with Crippen molar-refractivity contribution in [2.45, 2.75) is 20.0 Å². The number of halogens is 2. The molecule has 6 nitrogen and oxygen atoms in total. The van der Waals surface area contributed by atoms with E-state index >= 15 is 0 Å². The van der Waals surface area contributed by atoms with E-state index in [0.29, 0.717) is 37.0 Å². The van der Waals surface area contributed by atoms with E-state index in [1.54, 1.807) is 0 Å². The van der Waals surface area contributed by atoms with Gasteiger partial charge in [-0.1, -0.05) is 11.6 Å². The first-order chi connectivity index (χ1) is 14.4. The Kier molecular flexibility index (Phi) is 5.95. The Morgan fingerprint density at radius 2 is 2.03 bits per heavy atom. The summed E-state index contributed by atoms with van der Waals surface area (Å²) in [6.45, 7) is 3.78. The normalized spacial score (nSPS) is 13.8. The first-order valence-electron chi connectivity index (χ1n) is 9.71. The van der Waals surface area contributed by atoms with Crippen molar-refractivity contribution in [3.05, 3.63) is 56.6 Å². The molecule has 2 heterocycles. The van der Waals surface area contributed by atoms with Gasteiger partial charge >= 0.3 is 5.97 Å². The highest BCUT2D eigenvalue weighted by atomic mass is 79.9. The van der Waals surface area contributed by atoms with E-state index in [4.69, 9.17) is 21.1 Å². The number of esters is 1. The molecule has 0 amide bonds. The van der Waals surface area contributed by atoms with Gasteiger partial charge in [-0.2, -0.15) is 0 Å². The number of nitrogens with one attached hydrogen (secondary N) is 1. The maximum absolute atomic E-state index is 13.1. The maximum Gasteiger partial charge on any atom is 0.340 e. The second-order valence-electron chi connectivity index (χ2n) is 7.31. The molecule has 1 N–H and O–H groups in total. The number of carbonyl (C=O) groups is 1. The molecule has 0 fully saturated rings. The van der Waals surface area contributed by atoms with Crippen molar-refractivity contribution >= 4 is 50.1 Å². The number of benzene rings is 2. The Morgan fingerprint density at radius 1 is 1.30 bits per heavy atom. The van der Waals surface area contributed by atoms with Crippen LogP contribution >= 0.6 is 27.5 Å². The van der Waals surface area contributed by atoms with Crippen molar-refractivity contribution in [1.82, 2.24) is 9.47 Å². The van der Waals surface area contributed by atoms with Gasteiger partial charge in [0.1, 0.15) is 12.5 Å². The van der Waals surface area contributed by atoms with E-state index in [-0.39, 0.29) is 5.97 Å². The van der Waals surface area contributed by atoms with Gasteiger partial charge in [0, 0.05) is 35.3 Å². The molecule has 0 spiro atoms. The molecule has 0 aliphatic carbocycles. The number of fused-ring (bicyclic) bond motifs is 3. The Labute approximate surface area is 188 Å². The van der Waals surface area contributed by atoms with Gasteiger partial charge < -0.3 is 19.4 Å². The predicted octanol–water partition coefficient (Wildman–Crippen LogP) is 5.16. The molecule has 0 bridgehead atoms. The van der Waals surface area contributed by atoms with Crippen LogP contribution in [0.5, 0.6) is 5.75 Å². The first kappa shape index (κ1) is 21.0. The largest absolute Gasteiger partial charge is 0.477 e. The van der Waals surface area contributed by atoms with Gasteiger partial charge in [-0.25, -0.2) is 4.79 Å². The van der Waals surface area contributed by atoms with Gasteiger partial charge in [0.15, 0.2) is 0 Å². The standard InChI is InChI=1S/C22H23BrClN3O3/c1-4-29-22(28)20-18(10-25-14-7-5-13(24)6-8-14)27(3)17-9-16(23)21-15(19(17)20)11-26(2)12-30-21/h5-9,25H,4,10-12H2,1-3H3. The second kappa shape index (κ2) is 8.49. The number of aromatic nitrogens is 1. The summed E-state index contributed by atoms with van der Waals surface area (Å²) < 4.78 is 14.3. The minimum absolute atomic E-state index is 0.314. The van der Waals surface area contributed by atoms with Gasteiger partial charge in [-0.3, -0.25) is 4.90 Å². The molecule has 0 radical (unpaired) electrons. The molecule has 0 unspecified atom stereocenters. The minimum atomic E-state index is -0.325. The van der Waals surface area contributed by atoms with Gasteiger partial charge in [0.2, 0.25) is 0 Å². The van der Waals surface area contributed by atoms with E-state index in [1.807, 2.05) is 55.9 Å². The zero-order chi connectivity index (χ0) is 21.4. The average Bonchev–Trinajstić information content (AvgIpc) is 3.00. The van der Waals surface area contributed by atoms with Crippen LogP contribution in [-0.2, 0) is 24.9 Å². The fourth-order valence-electron chi connectivity index (χ4n) is 3.85. The van der Waals surface area contributed by atoms with Crippen LogP contribution < -0.4 is 10.1 Å². The predicted molar refractivity (Wildman–Crippen MR) is 122 cm³/mol. The van der Waals surface area contributed by atoms with Gasteiger partial charge in [-0.05, 0) is 60.2 Å². The third-order valence-corrected chi connectivity index (χ3v) is 6.10. The van der Waals surface area contributed by atoms with Crippen molar-refractivity contribution in [2.24, 2.45) is 7.05 Å². The number of nitrogens with zero attached hydrogens (tertiary/aromatic N) is 2. The molecule has 4 rings (SSSR count). The summed E-state index contributed by atoms with van der Waals surface area (Å²) in [4.78, 5) is 15.1. The molecule has 30 heavy (non-hydrogen) atoms. The fourth-order valence-corrected chi connectivity index (χ4v) is 4.55. The maximum atomic E-state index is 13.1. The molecular formula is C22H23BrClN3O3. The van der Waals surface area contributed by atoms with E-state index in [1.165, 1.54) is 0 Å². The number of ether oxygens (including phenoxy) is 2. The smallest absolute Gasteiger partial charge is 0.340 e. The van der Waals surface area contributed by atoms with Crippen LogP contribution in [0.2, 0.25) is 5.02 Å². The Hall–Kier alpha value is -2.22. The van der Waals surface area contributed by atoms with Crippen LogP contribution in [0.4, 0.5) is 5.69 Å². The zero-order valence-corrected chi connectivity index (χ0v) is 19.4. The van der Waals surface area contributed by atoms with E-state index in [0.717, 1.165) is 38.1 Å². The van der Waals surface area contributed by atoms with Crippen LogP contribution in [0, 0.1) is 0 Å². The van der Waals surface area contributed by atoms with Crippen molar-refractivity contribution in [3.63, 3.8) is 0 Å². The van der Waals surface area contributed by atoms with E-state index < -0.39 is 0 Å². The molecule has 0 saturated carbocycles. The Balaban J connectivity index is 1.87. The summed E-state index contributed by atoms with van der Waals surface area (Å²) in [5, 5.41) is 4.95. The van der Waals surface area contributed by atoms with Crippen LogP contribution in [0.25, 0.3) is 10.9 Å². The highest BCUT2D eigenvalue weighted by molar-refractivity contribution is 9.10. The lowest BCUT2D eigenvalue weighted by Gasteiger charge is -2.27. The Bertz CT molecular complexity index is 1110. The quantitative estimate of drug-likeness (QED) is 0.498. The van der Waals surface area contributed by atoms with Crippen molar-refractivity contribution in [2.75, 3.05) is 25.7 Å². The molecule has 3 aromatic rings. The number of rotatable bonds is 5. The third kappa shape index (κ3) is 3.77. The summed E-state index contributed by atoms with van der Waals surface area (Å²) in [6, 6.07) is 9.50.